The molecule has 1 atom stereocenters. The fourth-order valence-electron chi connectivity index (χ4n) is 2.41. The van der Waals surface area contributed by atoms with Gasteiger partial charge in [-0.1, -0.05) is 6.92 Å². The van der Waals surface area contributed by atoms with Crippen LogP contribution >= 0.6 is 15.9 Å². The molecular formula is C13H18BrFN2. The summed E-state index contributed by atoms with van der Waals surface area (Å²) >= 11 is 3.22. The molecule has 0 bridgehead atoms. The number of rotatable bonds is 3. The second-order valence-electron chi connectivity index (χ2n) is 4.54. The third kappa shape index (κ3) is 2.80. The summed E-state index contributed by atoms with van der Waals surface area (Å²) in [5, 5.41) is 3.44. The highest BCUT2D eigenvalue weighted by atomic mass is 79.9. The first-order valence-electron chi connectivity index (χ1n) is 6.05. The Kier molecular flexibility index (Phi) is 4.05. The Balaban J connectivity index is 2.16. The van der Waals surface area contributed by atoms with Crippen molar-refractivity contribution in [2.24, 2.45) is 0 Å². The number of aryl methyl sites for hydroxylation is 1. The maximum Gasteiger partial charge on any atom is 0.139 e. The van der Waals surface area contributed by atoms with Gasteiger partial charge in [-0.25, -0.2) is 4.39 Å². The molecule has 2 rings (SSSR count). The number of nitrogens with zero attached hydrogens (tertiary/aromatic N) is 1. The molecule has 4 heteroatoms. The van der Waals surface area contributed by atoms with Crippen LogP contribution < -0.4 is 10.2 Å². The van der Waals surface area contributed by atoms with Gasteiger partial charge in [-0.05, 0) is 53.5 Å². The average Bonchev–Trinajstić information content (AvgIpc) is 2.72. The Bertz CT molecular complexity index is 409. The Morgan fingerprint density at radius 1 is 1.53 bits per heavy atom. The largest absolute Gasteiger partial charge is 0.370 e. The molecule has 1 aromatic carbocycles. The van der Waals surface area contributed by atoms with Crippen molar-refractivity contribution < 1.29 is 4.39 Å². The molecule has 17 heavy (non-hydrogen) atoms. The zero-order chi connectivity index (χ0) is 12.4. The lowest BCUT2D eigenvalue weighted by molar-refractivity contribution is 0.571. The maximum absolute atomic E-state index is 13.6. The lowest BCUT2D eigenvalue weighted by Gasteiger charge is -2.21. The molecule has 1 fully saturated rings. The van der Waals surface area contributed by atoms with E-state index in [-0.39, 0.29) is 5.82 Å². The zero-order valence-corrected chi connectivity index (χ0v) is 11.8. The summed E-state index contributed by atoms with van der Waals surface area (Å²) in [6, 6.07) is 4.02. The van der Waals surface area contributed by atoms with Gasteiger partial charge in [-0.2, -0.15) is 0 Å². The monoisotopic (exact) mass is 300 g/mol. The summed E-state index contributed by atoms with van der Waals surface area (Å²) in [6.07, 6.45) is 1.13. The molecule has 1 heterocycles. The molecule has 0 spiro atoms. The number of halogens is 2. The van der Waals surface area contributed by atoms with Crippen LogP contribution in [-0.4, -0.2) is 25.7 Å². The van der Waals surface area contributed by atoms with Crippen molar-refractivity contribution in [2.75, 3.05) is 24.5 Å². The van der Waals surface area contributed by atoms with Crippen LogP contribution in [0.3, 0.4) is 0 Å². The highest BCUT2D eigenvalue weighted by molar-refractivity contribution is 9.10. The molecule has 2 nitrogen and oxygen atoms in total. The maximum atomic E-state index is 13.6. The topological polar surface area (TPSA) is 15.3 Å². The highest BCUT2D eigenvalue weighted by Crippen LogP contribution is 2.29. The van der Waals surface area contributed by atoms with Crippen LogP contribution in [0, 0.1) is 12.7 Å². The Morgan fingerprint density at radius 2 is 2.29 bits per heavy atom. The van der Waals surface area contributed by atoms with Crippen LogP contribution in [0.5, 0.6) is 0 Å². The number of benzene rings is 1. The number of hydrogen-bond donors (Lipinski definition) is 1. The minimum atomic E-state index is -0.183. The van der Waals surface area contributed by atoms with Crippen molar-refractivity contribution in [3.05, 3.63) is 28.0 Å². The van der Waals surface area contributed by atoms with Crippen molar-refractivity contribution >= 4 is 21.6 Å². The van der Waals surface area contributed by atoms with Crippen molar-refractivity contribution in [1.29, 1.82) is 0 Å². The van der Waals surface area contributed by atoms with Crippen LogP contribution in [0.15, 0.2) is 16.6 Å². The van der Waals surface area contributed by atoms with E-state index in [1.165, 1.54) is 0 Å². The summed E-state index contributed by atoms with van der Waals surface area (Å²) in [6.45, 7) is 7.11. The number of nitrogens with one attached hydrogen (secondary N) is 1. The van der Waals surface area contributed by atoms with Crippen molar-refractivity contribution in [3.8, 4) is 0 Å². The van der Waals surface area contributed by atoms with Gasteiger partial charge in [0.1, 0.15) is 5.82 Å². The zero-order valence-electron chi connectivity index (χ0n) is 10.3. The van der Waals surface area contributed by atoms with Gasteiger partial charge >= 0.3 is 0 Å². The quantitative estimate of drug-likeness (QED) is 0.923. The van der Waals surface area contributed by atoms with Crippen molar-refractivity contribution in [2.45, 2.75) is 26.3 Å². The molecule has 1 unspecified atom stereocenters. The first kappa shape index (κ1) is 12.8. The minimum absolute atomic E-state index is 0.183. The van der Waals surface area contributed by atoms with Gasteiger partial charge in [-0.15, -0.1) is 0 Å². The standard InChI is InChI=1S/C13H18BrFN2/c1-3-16-10-4-5-17(8-10)13-7-12(15)11(14)6-9(13)2/h6-7,10,16H,3-5,8H2,1-2H3. The third-order valence-electron chi connectivity index (χ3n) is 3.26. The fourth-order valence-corrected chi connectivity index (χ4v) is 2.87. The van der Waals surface area contributed by atoms with E-state index >= 15 is 0 Å². The van der Waals surface area contributed by atoms with E-state index in [1.54, 1.807) is 6.07 Å². The molecule has 0 aliphatic carbocycles. The lowest BCUT2D eigenvalue weighted by atomic mass is 10.2. The lowest BCUT2D eigenvalue weighted by Crippen LogP contribution is -2.32. The number of anilines is 1. The summed E-state index contributed by atoms with van der Waals surface area (Å²) in [4.78, 5) is 2.26. The Hall–Kier alpha value is -0.610. The minimum Gasteiger partial charge on any atom is -0.370 e. The third-order valence-corrected chi connectivity index (χ3v) is 3.87. The fraction of sp³-hybridized carbons (Fsp3) is 0.538. The second-order valence-corrected chi connectivity index (χ2v) is 5.40. The van der Waals surface area contributed by atoms with E-state index in [0.29, 0.717) is 10.5 Å². The molecule has 0 saturated carbocycles. The first-order chi connectivity index (χ1) is 8.11. The van der Waals surface area contributed by atoms with E-state index in [0.717, 1.165) is 37.3 Å². The molecular weight excluding hydrogens is 283 g/mol. The van der Waals surface area contributed by atoms with E-state index in [1.807, 2.05) is 13.0 Å². The average molecular weight is 301 g/mol. The number of hydrogen-bond acceptors (Lipinski definition) is 2. The highest BCUT2D eigenvalue weighted by Gasteiger charge is 2.23. The van der Waals surface area contributed by atoms with Crippen LogP contribution in [-0.2, 0) is 0 Å². The summed E-state index contributed by atoms with van der Waals surface area (Å²) < 4.78 is 14.1. The van der Waals surface area contributed by atoms with Crippen molar-refractivity contribution in [3.63, 3.8) is 0 Å². The number of likely N-dealkylation sites (N-methyl/N-ethyl adjacent to an activating group) is 1. The van der Waals surface area contributed by atoms with E-state index in [2.05, 4.69) is 33.1 Å². The molecule has 1 aliphatic rings. The van der Waals surface area contributed by atoms with Gasteiger partial charge in [0.15, 0.2) is 0 Å². The molecule has 1 aromatic rings. The van der Waals surface area contributed by atoms with E-state index in [9.17, 15) is 4.39 Å². The van der Waals surface area contributed by atoms with Gasteiger partial charge in [-0.3, -0.25) is 0 Å². The van der Waals surface area contributed by atoms with Gasteiger partial charge in [0.05, 0.1) is 4.47 Å². The van der Waals surface area contributed by atoms with E-state index in [4.69, 9.17) is 0 Å². The van der Waals surface area contributed by atoms with Crippen LogP contribution in [0.2, 0.25) is 0 Å². The predicted molar refractivity (Wildman–Crippen MR) is 73.1 cm³/mol. The van der Waals surface area contributed by atoms with Gasteiger partial charge in [0, 0.05) is 24.8 Å². The van der Waals surface area contributed by atoms with Crippen LogP contribution in [0.25, 0.3) is 0 Å². The molecule has 1 saturated heterocycles. The van der Waals surface area contributed by atoms with Crippen LogP contribution in [0.1, 0.15) is 18.9 Å². The molecule has 0 aromatic heterocycles. The van der Waals surface area contributed by atoms with Crippen molar-refractivity contribution in [1.82, 2.24) is 5.32 Å². The predicted octanol–water partition coefficient (Wildman–Crippen LogP) is 3.08. The van der Waals surface area contributed by atoms with Gasteiger partial charge in [0.25, 0.3) is 0 Å². The van der Waals surface area contributed by atoms with Gasteiger partial charge < -0.3 is 10.2 Å². The van der Waals surface area contributed by atoms with E-state index < -0.39 is 0 Å². The molecule has 0 radical (unpaired) electrons. The normalized spacial score (nSPS) is 20.0. The Labute approximate surface area is 110 Å². The summed E-state index contributed by atoms with van der Waals surface area (Å²) in [5.74, 6) is -0.183. The second kappa shape index (κ2) is 5.36. The molecule has 1 N–H and O–H groups in total. The van der Waals surface area contributed by atoms with Crippen LogP contribution in [0.4, 0.5) is 10.1 Å². The smallest absolute Gasteiger partial charge is 0.139 e. The molecule has 1 aliphatic heterocycles. The first-order valence-corrected chi connectivity index (χ1v) is 6.85. The molecule has 0 amide bonds. The SMILES string of the molecule is CCNC1CCN(c2cc(F)c(Br)cc2C)C1. The summed E-state index contributed by atoms with van der Waals surface area (Å²) in [7, 11) is 0. The molecule has 94 valence electrons. The summed E-state index contributed by atoms with van der Waals surface area (Å²) in [5.41, 5.74) is 2.14. The van der Waals surface area contributed by atoms with Gasteiger partial charge in [0.2, 0.25) is 0 Å². The Morgan fingerprint density at radius 3 is 3.00 bits per heavy atom.